The van der Waals surface area contributed by atoms with Crippen LogP contribution in [-0.4, -0.2) is 24.8 Å². The third-order valence-electron chi connectivity index (χ3n) is 1.19. The number of hydrogen-bond acceptors (Lipinski definition) is 5. The van der Waals surface area contributed by atoms with Gasteiger partial charge in [-0.05, 0) is 6.42 Å². The van der Waals surface area contributed by atoms with E-state index >= 15 is 0 Å². The molecule has 6 N–H and O–H groups in total. The van der Waals surface area contributed by atoms with Crippen molar-refractivity contribution >= 4 is 18.4 Å². The summed E-state index contributed by atoms with van der Waals surface area (Å²) in [5, 5.41) is 0. The van der Waals surface area contributed by atoms with Crippen molar-refractivity contribution in [3.05, 3.63) is 12.7 Å². The first kappa shape index (κ1) is 14.9. The molecule has 0 aromatic carbocycles. The van der Waals surface area contributed by atoms with Crippen molar-refractivity contribution in [3.8, 4) is 0 Å². The fraction of sp³-hybridized carbons (Fsp3) is 0.571. The SMILES string of the molecule is C=CCC(N)(N)COC(=O)CN.Cl. The Morgan fingerprint density at radius 1 is 1.54 bits per heavy atom. The Bertz CT molecular complexity index is 173. The number of carbonyl (C=O) groups excluding carboxylic acids is 1. The summed E-state index contributed by atoms with van der Waals surface area (Å²) < 4.78 is 4.65. The minimum atomic E-state index is -1.04. The first-order valence-corrected chi connectivity index (χ1v) is 3.56. The summed E-state index contributed by atoms with van der Waals surface area (Å²) in [6.07, 6.45) is 1.95. The summed E-state index contributed by atoms with van der Waals surface area (Å²) in [4.78, 5) is 10.6. The highest BCUT2D eigenvalue weighted by Gasteiger charge is 2.18. The maximum absolute atomic E-state index is 10.6. The van der Waals surface area contributed by atoms with Crippen LogP contribution in [0.1, 0.15) is 6.42 Å². The van der Waals surface area contributed by atoms with Crippen LogP contribution in [0, 0.1) is 0 Å². The third-order valence-corrected chi connectivity index (χ3v) is 1.19. The van der Waals surface area contributed by atoms with Crippen LogP contribution >= 0.6 is 12.4 Å². The predicted octanol–water partition coefficient (Wildman–Crippen LogP) is -0.900. The second-order valence-electron chi connectivity index (χ2n) is 2.59. The third kappa shape index (κ3) is 7.73. The van der Waals surface area contributed by atoms with Crippen molar-refractivity contribution in [2.24, 2.45) is 17.2 Å². The van der Waals surface area contributed by atoms with Gasteiger partial charge in [-0.15, -0.1) is 19.0 Å². The van der Waals surface area contributed by atoms with Gasteiger partial charge in [-0.3, -0.25) is 4.79 Å². The molecule has 0 rings (SSSR count). The van der Waals surface area contributed by atoms with Crippen molar-refractivity contribution in [1.29, 1.82) is 0 Å². The minimum absolute atomic E-state index is 0. The molecule has 0 radical (unpaired) electrons. The molecule has 0 aromatic heterocycles. The molecule has 0 amide bonds. The van der Waals surface area contributed by atoms with Gasteiger partial charge in [0.05, 0.1) is 6.54 Å². The maximum atomic E-state index is 10.6. The highest BCUT2D eigenvalue weighted by Crippen LogP contribution is 1.99. The Morgan fingerprint density at radius 2 is 2.08 bits per heavy atom. The number of halogens is 1. The smallest absolute Gasteiger partial charge is 0.319 e. The highest BCUT2D eigenvalue weighted by atomic mass is 35.5. The van der Waals surface area contributed by atoms with E-state index in [1.165, 1.54) is 0 Å². The Morgan fingerprint density at radius 3 is 2.46 bits per heavy atom. The minimum Gasteiger partial charge on any atom is -0.461 e. The number of ether oxygens (including phenoxy) is 1. The van der Waals surface area contributed by atoms with Crippen molar-refractivity contribution < 1.29 is 9.53 Å². The zero-order valence-electron chi connectivity index (χ0n) is 7.36. The van der Waals surface area contributed by atoms with Crippen LogP contribution < -0.4 is 17.2 Å². The molecule has 0 aliphatic rings. The molecule has 0 aromatic rings. The molecule has 0 atom stereocenters. The molecule has 0 heterocycles. The molecule has 13 heavy (non-hydrogen) atoms. The van der Waals surface area contributed by atoms with Crippen molar-refractivity contribution in [3.63, 3.8) is 0 Å². The van der Waals surface area contributed by atoms with E-state index in [0.29, 0.717) is 6.42 Å². The lowest BCUT2D eigenvalue weighted by atomic mass is 10.1. The zero-order chi connectivity index (χ0) is 9.61. The average molecular weight is 210 g/mol. The number of rotatable bonds is 5. The van der Waals surface area contributed by atoms with Crippen LogP contribution in [0.3, 0.4) is 0 Å². The van der Waals surface area contributed by atoms with E-state index in [9.17, 15) is 4.79 Å². The number of hydrogen-bond donors (Lipinski definition) is 3. The van der Waals surface area contributed by atoms with Crippen LogP contribution in [-0.2, 0) is 9.53 Å². The van der Waals surface area contributed by atoms with Crippen LogP contribution in [0.5, 0.6) is 0 Å². The molecule has 0 fully saturated rings. The van der Waals surface area contributed by atoms with E-state index < -0.39 is 11.6 Å². The normalized spacial score (nSPS) is 10.1. The number of carbonyl (C=O) groups is 1. The molecule has 5 nitrogen and oxygen atoms in total. The summed E-state index contributed by atoms with van der Waals surface area (Å²) in [6.45, 7) is 3.26. The van der Waals surface area contributed by atoms with Crippen LogP contribution in [0.2, 0.25) is 0 Å². The molecule has 0 aliphatic carbocycles. The lowest BCUT2D eigenvalue weighted by Gasteiger charge is -2.21. The monoisotopic (exact) mass is 209 g/mol. The second kappa shape index (κ2) is 6.85. The van der Waals surface area contributed by atoms with Gasteiger partial charge in [0.15, 0.2) is 0 Å². The molecule has 78 valence electrons. The molecular weight excluding hydrogens is 194 g/mol. The van der Waals surface area contributed by atoms with Gasteiger partial charge in [0, 0.05) is 0 Å². The van der Waals surface area contributed by atoms with Gasteiger partial charge in [-0.1, -0.05) is 6.08 Å². The Labute approximate surface area is 83.7 Å². The van der Waals surface area contributed by atoms with Gasteiger partial charge in [0.25, 0.3) is 0 Å². The number of esters is 1. The molecular formula is C7H16ClN3O2. The van der Waals surface area contributed by atoms with Gasteiger partial charge in [-0.2, -0.15) is 0 Å². The van der Waals surface area contributed by atoms with Gasteiger partial charge in [-0.25, -0.2) is 0 Å². The maximum Gasteiger partial charge on any atom is 0.319 e. The lowest BCUT2D eigenvalue weighted by molar-refractivity contribution is -0.143. The van der Waals surface area contributed by atoms with E-state index in [0.717, 1.165) is 0 Å². The van der Waals surface area contributed by atoms with Crippen LogP contribution in [0.15, 0.2) is 12.7 Å². The van der Waals surface area contributed by atoms with E-state index in [1.807, 2.05) is 0 Å². The average Bonchev–Trinajstić information content (AvgIpc) is 2.00. The Balaban J connectivity index is 0. The molecule has 0 aliphatic heterocycles. The van der Waals surface area contributed by atoms with Crippen LogP contribution in [0.25, 0.3) is 0 Å². The van der Waals surface area contributed by atoms with Crippen molar-refractivity contribution in [2.45, 2.75) is 12.1 Å². The quantitative estimate of drug-likeness (QED) is 0.309. The summed E-state index contributed by atoms with van der Waals surface area (Å²) in [7, 11) is 0. The Hall–Kier alpha value is -0.620. The summed E-state index contributed by atoms with van der Waals surface area (Å²) in [5.41, 5.74) is 15.0. The van der Waals surface area contributed by atoms with Gasteiger partial charge >= 0.3 is 5.97 Å². The molecule has 0 saturated carbocycles. The highest BCUT2D eigenvalue weighted by molar-refractivity contribution is 5.85. The Kier molecular flexibility index (Phi) is 7.84. The van der Waals surface area contributed by atoms with Crippen molar-refractivity contribution in [2.75, 3.05) is 13.2 Å². The second-order valence-corrected chi connectivity index (χ2v) is 2.59. The summed E-state index contributed by atoms with van der Waals surface area (Å²) in [5.74, 6) is -0.515. The lowest BCUT2D eigenvalue weighted by Crippen LogP contribution is -2.53. The zero-order valence-corrected chi connectivity index (χ0v) is 8.18. The van der Waals surface area contributed by atoms with Gasteiger partial charge in [0.2, 0.25) is 0 Å². The van der Waals surface area contributed by atoms with Gasteiger partial charge < -0.3 is 21.9 Å². The first-order valence-electron chi connectivity index (χ1n) is 3.56. The van der Waals surface area contributed by atoms with E-state index in [1.54, 1.807) is 6.08 Å². The topological polar surface area (TPSA) is 104 Å². The molecule has 0 bridgehead atoms. The van der Waals surface area contributed by atoms with Crippen LogP contribution in [0.4, 0.5) is 0 Å². The largest absolute Gasteiger partial charge is 0.461 e. The predicted molar refractivity (Wildman–Crippen MR) is 53.2 cm³/mol. The van der Waals surface area contributed by atoms with E-state index in [-0.39, 0.29) is 25.6 Å². The van der Waals surface area contributed by atoms with Gasteiger partial charge in [0.1, 0.15) is 12.3 Å². The summed E-state index contributed by atoms with van der Waals surface area (Å²) in [6, 6.07) is 0. The standard InChI is InChI=1S/C7H15N3O2.ClH/c1-2-3-7(9,10)5-12-6(11)4-8;/h2H,1,3-5,8-10H2;1H. The van der Waals surface area contributed by atoms with Crippen molar-refractivity contribution in [1.82, 2.24) is 0 Å². The molecule has 0 saturated heterocycles. The fourth-order valence-corrected chi connectivity index (χ4v) is 0.601. The first-order chi connectivity index (χ1) is 5.52. The number of nitrogens with two attached hydrogens (primary N) is 3. The van der Waals surface area contributed by atoms with E-state index in [4.69, 9.17) is 17.2 Å². The van der Waals surface area contributed by atoms with E-state index in [2.05, 4.69) is 11.3 Å². The molecule has 6 heteroatoms. The summed E-state index contributed by atoms with van der Waals surface area (Å²) >= 11 is 0. The molecule has 0 unspecified atom stereocenters. The fourth-order valence-electron chi connectivity index (χ4n) is 0.601. The molecule has 0 spiro atoms.